The largest absolute Gasteiger partial charge is 0.439 e. The van der Waals surface area contributed by atoms with E-state index < -0.39 is 0 Å². The van der Waals surface area contributed by atoms with Crippen molar-refractivity contribution in [1.82, 2.24) is 15.4 Å². The molecule has 2 aromatic rings. The van der Waals surface area contributed by atoms with Gasteiger partial charge in [-0.25, -0.2) is 4.98 Å². The van der Waals surface area contributed by atoms with Crippen molar-refractivity contribution < 1.29 is 14.7 Å². The van der Waals surface area contributed by atoms with E-state index in [1.807, 2.05) is 30.5 Å². The number of aromatic nitrogens is 1. The first-order valence-corrected chi connectivity index (χ1v) is 10.0. The molecule has 27 heavy (non-hydrogen) atoms. The van der Waals surface area contributed by atoms with Gasteiger partial charge in [-0.3, -0.25) is 20.6 Å². The maximum Gasteiger partial charge on any atom is 0.219 e. The smallest absolute Gasteiger partial charge is 0.219 e. The highest BCUT2D eigenvalue weighted by molar-refractivity contribution is 7.98. The molecule has 3 rings (SSSR count). The Bertz CT molecular complexity index is 749. The van der Waals surface area contributed by atoms with Gasteiger partial charge in [0.2, 0.25) is 5.88 Å². The summed E-state index contributed by atoms with van der Waals surface area (Å²) in [5.74, 6) is 1.55. The second-order valence-corrected chi connectivity index (χ2v) is 6.84. The molecule has 0 unspecified atom stereocenters. The molecule has 0 atom stereocenters. The molecule has 1 aromatic heterocycles. The minimum absolute atomic E-state index is 0.397. The first kappa shape index (κ1) is 19.6. The van der Waals surface area contributed by atoms with Crippen molar-refractivity contribution >= 4 is 17.6 Å². The number of pyridine rings is 1. The minimum Gasteiger partial charge on any atom is -0.439 e. The molecule has 7 nitrogen and oxygen atoms in total. The van der Waals surface area contributed by atoms with E-state index >= 15 is 0 Å². The molecular weight excluding hydrogens is 364 g/mol. The van der Waals surface area contributed by atoms with Crippen LogP contribution in [0.2, 0.25) is 0 Å². The van der Waals surface area contributed by atoms with E-state index in [0.29, 0.717) is 29.6 Å². The molecule has 0 saturated carbocycles. The third-order valence-corrected chi connectivity index (χ3v) is 4.93. The maximum atomic E-state index is 9.48. The number of nitrogens with zero attached hydrogens (tertiary/aromatic N) is 3. The molecule has 0 spiro atoms. The van der Waals surface area contributed by atoms with Crippen molar-refractivity contribution in [3.05, 3.63) is 48.2 Å². The van der Waals surface area contributed by atoms with Gasteiger partial charge in [-0.2, -0.15) is 0 Å². The van der Waals surface area contributed by atoms with E-state index in [1.54, 1.807) is 30.1 Å². The lowest BCUT2D eigenvalue weighted by Crippen LogP contribution is -2.38. The van der Waals surface area contributed by atoms with Gasteiger partial charge in [-0.1, -0.05) is 0 Å². The molecule has 1 fully saturated rings. The van der Waals surface area contributed by atoms with Crippen LogP contribution in [-0.4, -0.2) is 66.6 Å². The van der Waals surface area contributed by atoms with Gasteiger partial charge in [0.15, 0.2) is 5.84 Å². The predicted molar refractivity (Wildman–Crippen MR) is 106 cm³/mol. The molecule has 1 aliphatic rings. The summed E-state index contributed by atoms with van der Waals surface area (Å²) in [6.07, 6.45) is 3.67. The molecule has 0 bridgehead atoms. The average Bonchev–Trinajstić information content (AvgIpc) is 2.73. The molecule has 1 saturated heterocycles. The van der Waals surface area contributed by atoms with Crippen LogP contribution in [0, 0.1) is 0 Å². The first-order valence-electron chi connectivity index (χ1n) is 8.81. The van der Waals surface area contributed by atoms with Gasteiger partial charge in [0.25, 0.3) is 0 Å². The molecule has 2 heterocycles. The normalized spacial score (nSPS) is 15.6. The Labute approximate surface area is 163 Å². The summed E-state index contributed by atoms with van der Waals surface area (Å²) >= 11 is 1.68. The molecular formula is C19H24N4O3S. The SMILES string of the molecule is CSc1ccc(Oc2cc(C(=NCCN3CCOCC3)NO)ccn2)cc1. The van der Waals surface area contributed by atoms with E-state index in [2.05, 4.69) is 20.4 Å². The zero-order valence-electron chi connectivity index (χ0n) is 15.3. The van der Waals surface area contributed by atoms with Crippen LogP contribution >= 0.6 is 11.8 Å². The van der Waals surface area contributed by atoms with Gasteiger partial charge in [0.1, 0.15) is 5.75 Å². The van der Waals surface area contributed by atoms with Crippen molar-refractivity contribution in [3.63, 3.8) is 0 Å². The number of hydrogen-bond acceptors (Lipinski definition) is 7. The second kappa shape index (κ2) is 10.3. The molecule has 2 N–H and O–H groups in total. The molecule has 1 aliphatic heterocycles. The standard InChI is InChI=1S/C19H24N4O3S/c1-27-17-4-2-16(3-5-17)26-18-14-15(6-7-20-18)19(22-24)21-8-9-23-10-12-25-13-11-23/h2-7,14,24H,8-13H2,1H3,(H,21,22). The summed E-state index contributed by atoms with van der Waals surface area (Å²) in [6.45, 7) is 4.76. The van der Waals surface area contributed by atoms with Gasteiger partial charge < -0.3 is 9.47 Å². The fourth-order valence-electron chi connectivity index (χ4n) is 2.70. The van der Waals surface area contributed by atoms with Crippen LogP contribution in [0.5, 0.6) is 11.6 Å². The Balaban J connectivity index is 1.63. The predicted octanol–water partition coefficient (Wildman–Crippen LogP) is 2.65. The summed E-state index contributed by atoms with van der Waals surface area (Å²) in [4.78, 5) is 12.2. The van der Waals surface area contributed by atoms with E-state index in [9.17, 15) is 5.21 Å². The number of nitrogens with one attached hydrogen (secondary N) is 1. The van der Waals surface area contributed by atoms with Crippen LogP contribution in [-0.2, 0) is 4.74 Å². The molecule has 1 aromatic carbocycles. The van der Waals surface area contributed by atoms with Gasteiger partial charge >= 0.3 is 0 Å². The number of benzene rings is 1. The summed E-state index contributed by atoms with van der Waals surface area (Å²) in [6, 6.07) is 11.3. The van der Waals surface area contributed by atoms with E-state index in [4.69, 9.17) is 9.47 Å². The number of hydroxylamine groups is 1. The topological polar surface area (TPSA) is 79.2 Å². The van der Waals surface area contributed by atoms with Crippen molar-refractivity contribution in [2.45, 2.75) is 4.90 Å². The third-order valence-electron chi connectivity index (χ3n) is 4.19. The number of aliphatic imine (C=N–C) groups is 1. The Kier molecular flexibility index (Phi) is 7.46. The molecule has 0 aliphatic carbocycles. The van der Waals surface area contributed by atoms with Crippen LogP contribution in [0.3, 0.4) is 0 Å². The number of rotatable bonds is 7. The van der Waals surface area contributed by atoms with E-state index in [1.165, 1.54) is 4.90 Å². The lowest BCUT2D eigenvalue weighted by molar-refractivity contribution is 0.0394. The summed E-state index contributed by atoms with van der Waals surface area (Å²) < 4.78 is 11.1. The highest BCUT2D eigenvalue weighted by Crippen LogP contribution is 2.23. The minimum atomic E-state index is 0.397. The molecule has 144 valence electrons. The maximum absolute atomic E-state index is 9.48. The average molecular weight is 388 g/mol. The molecule has 8 heteroatoms. The Morgan fingerprint density at radius 2 is 2.07 bits per heavy atom. The van der Waals surface area contributed by atoms with Gasteiger partial charge in [0.05, 0.1) is 19.8 Å². The zero-order chi connectivity index (χ0) is 18.9. The van der Waals surface area contributed by atoms with Crippen molar-refractivity contribution in [2.75, 3.05) is 45.6 Å². The second-order valence-electron chi connectivity index (χ2n) is 5.96. The number of thioether (sulfide) groups is 1. The van der Waals surface area contributed by atoms with E-state index in [-0.39, 0.29) is 0 Å². The fourth-order valence-corrected chi connectivity index (χ4v) is 3.10. The third kappa shape index (κ3) is 5.93. The Morgan fingerprint density at radius 1 is 1.30 bits per heavy atom. The summed E-state index contributed by atoms with van der Waals surface area (Å²) in [5, 5.41) is 9.48. The monoisotopic (exact) mass is 388 g/mol. The van der Waals surface area contributed by atoms with Crippen LogP contribution in [0.4, 0.5) is 0 Å². The number of amidine groups is 1. The number of hydrogen-bond donors (Lipinski definition) is 2. The Hall–Kier alpha value is -2.13. The highest BCUT2D eigenvalue weighted by atomic mass is 32.2. The fraction of sp³-hybridized carbons (Fsp3) is 0.368. The summed E-state index contributed by atoms with van der Waals surface area (Å²) in [5.41, 5.74) is 2.90. The Morgan fingerprint density at radius 3 is 2.78 bits per heavy atom. The van der Waals surface area contributed by atoms with Crippen LogP contribution in [0.15, 0.2) is 52.5 Å². The number of ether oxygens (including phenoxy) is 2. The van der Waals surface area contributed by atoms with Gasteiger partial charge in [0, 0.05) is 42.4 Å². The van der Waals surface area contributed by atoms with Gasteiger partial charge in [-0.15, -0.1) is 11.8 Å². The summed E-state index contributed by atoms with van der Waals surface area (Å²) in [7, 11) is 0. The molecule has 0 radical (unpaired) electrons. The highest BCUT2D eigenvalue weighted by Gasteiger charge is 2.10. The van der Waals surface area contributed by atoms with Crippen molar-refractivity contribution in [3.8, 4) is 11.6 Å². The van der Waals surface area contributed by atoms with E-state index in [0.717, 1.165) is 32.8 Å². The number of morpholine rings is 1. The van der Waals surface area contributed by atoms with Crippen molar-refractivity contribution in [1.29, 1.82) is 0 Å². The first-order chi connectivity index (χ1) is 13.3. The van der Waals surface area contributed by atoms with Crippen LogP contribution in [0.25, 0.3) is 0 Å². The van der Waals surface area contributed by atoms with Crippen LogP contribution in [0.1, 0.15) is 5.56 Å². The van der Waals surface area contributed by atoms with Crippen LogP contribution < -0.4 is 10.2 Å². The molecule has 0 amide bonds. The lowest BCUT2D eigenvalue weighted by Gasteiger charge is -2.25. The van der Waals surface area contributed by atoms with Gasteiger partial charge in [-0.05, 0) is 36.6 Å². The van der Waals surface area contributed by atoms with Crippen molar-refractivity contribution in [2.24, 2.45) is 4.99 Å². The quantitative estimate of drug-likeness (QED) is 0.327. The lowest BCUT2D eigenvalue weighted by atomic mass is 10.2. The zero-order valence-corrected chi connectivity index (χ0v) is 16.1.